The quantitative estimate of drug-likeness (QED) is 0.923. The van der Waals surface area contributed by atoms with Gasteiger partial charge >= 0.3 is 0 Å². The van der Waals surface area contributed by atoms with Crippen molar-refractivity contribution in [2.24, 2.45) is 5.92 Å². The number of rotatable bonds is 3. The molecular weight excluding hydrogens is 316 g/mol. The smallest absolute Gasteiger partial charge is 0.150 e. The second-order valence-corrected chi connectivity index (χ2v) is 7.63. The number of benzene rings is 1. The van der Waals surface area contributed by atoms with Crippen molar-refractivity contribution in [3.63, 3.8) is 0 Å². The van der Waals surface area contributed by atoms with E-state index in [9.17, 15) is 8.42 Å². The lowest BCUT2D eigenvalue weighted by Crippen LogP contribution is -2.15. The lowest BCUT2D eigenvalue weighted by atomic mass is 10.1. The molecule has 0 saturated carbocycles. The third kappa shape index (κ3) is 3.47. The zero-order chi connectivity index (χ0) is 13.2. The normalized spacial score (nSPS) is 21.4. The Morgan fingerprint density at radius 3 is 2.83 bits per heavy atom. The minimum atomic E-state index is -2.82. The van der Waals surface area contributed by atoms with Crippen molar-refractivity contribution in [1.29, 1.82) is 5.26 Å². The summed E-state index contributed by atoms with van der Waals surface area (Å²) in [4.78, 5) is 0. The Balaban J connectivity index is 1.99. The molecule has 1 fully saturated rings. The molecule has 6 heteroatoms. The van der Waals surface area contributed by atoms with Gasteiger partial charge in [-0.1, -0.05) is 15.9 Å². The summed E-state index contributed by atoms with van der Waals surface area (Å²) in [6.45, 7) is 0.626. The molecule has 1 saturated heterocycles. The van der Waals surface area contributed by atoms with Crippen LogP contribution in [0.15, 0.2) is 22.7 Å². The predicted octanol–water partition coefficient (Wildman–Crippen LogP) is 2.17. The minimum Gasteiger partial charge on any atom is -0.385 e. The van der Waals surface area contributed by atoms with Gasteiger partial charge in [0.05, 0.1) is 23.1 Å². The van der Waals surface area contributed by atoms with Gasteiger partial charge in [0.2, 0.25) is 0 Å². The number of nitrogens with one attached hydrogen (secondary N) is 1. The minimum absolute atomic E-state index is 0.166. The maximum Gasteiger partial charge on any atom is 0.150 e. The summed E-state index contributed by atoms with van der Waals surface area (Å²) in [5.41, 5.74) is 1.41. The van der Waals surface area contributed by atoms with E-state index in [2.05, 4.69) is 27.3 Å². The van der Waals surface area contributed by atoms with Crippen molar-refractivity contribution in [3.8, 4) is 6.07 Å². The first kappa shape index (κ1) is 13.4. The molecule has 0 aromatic heterocycles. The molecule has 0 radical (unpaired) electrons. The van der Waals surface area contributed by atoms with E-state index < -0.39 is 9.84 Å². The molecule has 0 amide bonds. The number of nitrogens with zero attached hydrogens (tertiary/aromatic N) is 1. The number of halogens is 1. The summed E-state index contributed by atoms with van der Waals surface area (Å²) in [7, 11) is -2.82. The van der Waals surface area contributed by atoms with Crippen LogP contribution >= 0.6 is 15.9 Å². The fourth-order valence-electron chi connectivity index (χ4n) is 2.05. The van der Waals surface area contributed by atoms with E-state index in [4.69, 9.17) is 5.26 Å². The lowest BCUT2D eigenvalue weighted by molar-refractivity contribution is 0.596. The van der Waals surface area contributed by atoms with Crippen LogP contribution in [0.25, 0.3) is 0 Å². The maximum absolute atomic E-state index is 11.3. The number of hydrogen-bond donors (Lipinski definition) is 1. The van der Waals surface area contributed by atoms with Crippen molar-refractivity contribution < 1.29 is 8.42 Å². The van der Waals surface area contributed by atoms with Crippen molar-refractivity contribution in [2.75, 3.05) is 23.4 Å². The molecule has 2 rings (SSSR count). The van der Waals surface area contributed by atoms with Crippen LogP contribution in [0.2, 0.25) is 0 Å². The highest BCUT2D eigenvalue weighted by atomic mass is 79.9. The number of sulfone groups is 1. The van der Waals surface area contributed by atoms with Crippen LogP contribution in [-0.4, -0.2) is 26.5 Å². The van der Waals surface area contributed by atoms with Crippen LogP contribution < -0.4 is 5.32 Å². The van der Waals surface area contributed by atoms with E-state index in [1.54, 1.807) is 12.1 Å². The second-order valence-electron chi connectivity index (χ2n) is 4.49. The summed E-state index contributed by atoms with van der Waals surface area (Å²) >= 11 is 3.34. The van der Waals surface area contributed by atoms with Gasteiger partial charge in [-0.25, -0.2) is 8.42 Å². The molecule has 1 unspecified atom stereocenters. The van der Waals surface area contributed by atoms with Crippen LogP contribution in [0.5, 0.6) is 0 Å². The first-order valence-corrected chi connectivity index (χ1v) is 8.25. The fourth-order valence-corrected chi connectivity index (χ4v) is 4.41. The van der Waals surface area contributed by atoms with Crippen molar-refractivity contribution in [2.45, 2.75) is 6.42 Å². The Hall–Kier alpha value is -1.06. The molecule has 96 valence electrons. The topological polar surface area (TPSA) is 70.0 Å². The van der Waals surface area contributed by atoms with Crippen molar-refractivity contribution >= 4 is 31.5 Å². The third-order valence-electron chi connectivity index (χ3n) is 2.95. The number of hydrogen-bond acceptors (Lipinski definition) is 4. The molecule has 1 aliphatic rings. The van der Waals surface area contributed by atoms with Gasteiger partial charge in [-0.3, -0.25) is 0 Å². The van der Waals surface area contributed by atoms with Gasteiger partial charge in [0, 0.05) is 16.7 Å². The molecule has 0 spiro atoms. The first-order chi connectivity index (χ1) is 8.48. The van der Waals surface area contributed by atoms with Crippen molar-refractivity contribution in [3.05, 3.63) is 28.2 Å². The highest BCUT2D eigenvalue weighted by Crippen LogP contribution is 2.22. The largest absolute Gasteiger partial charge is 0.385 e. The zero-order valence-corrected chi connectivity index (χ0v) is 12.1. The average Bonchev–Trinajstić information content (AvgIpc) is 2.65. The standard InChI is InChI=1S/C12H13BrN2O2S/c13-11-3-10(6-14)4-12(5-11)15-7-9-1-2-18(16,17)8-9/h3-5,9,15H,1-2,7-8H2. The molecule has 0 bridgehead atoms. The van der Waals surface area contributed by atoms with E-state index in [0.29, 0.717) is 24.3 Å². The SMILES string of the molecule is N#Cc1cc(Br)cc(NCC2CCS(=O)(=O)C2)c1. The monoisotopic (exact) mass is 328 g/mol. The second kappa shape index (κ2) is 5.29. The Morgan fingerprint density at radius 2 is 2.22 bits per heavy atom. The van der Waals surface area contributed by atoms with E-state index in [0.717, 1.165) is 10.2 Å². The highest BCUT2D eigenvalue weighted by Gasteiger charge is 2.27. The number of anilines is 1. The molecule has 0 aliphatic carbocycles. The van der Waals surface area contributed by atoms with Gasteiger partial charge in [0.25, 0.3) is 0 Å². The molecule has 18 heavy (non-hydrogen) atoms. The number of nitriles is 1. The summed E-state index contributed by atoms with van der Waals surface area (Å²) in [6.07, 6.45) is 0.717. The van der Waals surface area contributed by atoms with Crippen LogP contribution in [0, 0.1) is 17.2 Å². The van der Waals surface area contributed by atoms with E-state index in [-0.39, 0.29) is 11.7 Å². The van der Waals surface area contributed by atoms with Crippen LogP contribution in [0.4, 0.5) is 5.69 Å². The van der Waals surface area contributed by atoms with Gasteiger partial charge in [-0.2, -0.15) is 5.26 Å². The first-order valence-electron chi connectivity index (χ1n) is 5.63. The average molecular weight is 329 g/mol. The Bertz CT molecular complexity index is 593. The lowest BCUT2D eigenvalue weighted by Gasteiger charge is -2.11. The van der Waals surface area contributed by atoms with Gasteiger partial charge in [0.15, 0.2) is 9.84 Å². The molecular formula is C12H13BrN2O2S. The van der Waals surface area contributed by atoms with Gasteiger partial charge < -0.3 is 5.32 Å². The molecule has 1 aliphatic heterocycles. The Morgan fingerprint density at radius 1 is 1.44 bits per heavy atom. The molecule has 1 N–H and O–H groups in total. The molecule has 1 aromatic rings. The summed E-state index contributed by atoms with van der Waals surface area (Å²) < 4.78 is 23.5. The van der Waals surface area contributed by atoms with Gasteiger partial charge in [-0.15, -0.1) is 0 Å². The maximum atomic E-state index is 11.3. The Labute approximate surface area is 115 Å². The van der Waals surface area contributed by atoms with Gasteiger partial charge in [0.1, 0.15) is 0 Å². The molecule has 1 atom stereocenters. The molecule has 4 nitrogen and oxygen atoms in total. The van der Waals surface area contributed by atoms with E-state index >= 15 is 0 Å². The summed E-state index contributed by atoms with van der Waals surface area (Å²) in [5.74, 6) is 0.722. The fraction of sp³-hybridized carbons (Fsp3) is 0.417. The predicted molar refractivity (Wildman–Crippen MR) is 74.1 cm³/mol. The van der Waals surface area contributed by atoms with E-state index in [1.807, 2.05) is 6.07 Å². The Kier molecular flexibility index (Phi) is 3.93. The summed E-state index contributed by atoms with van der Waals surface area (Å²) in [6, 6.07) is 7.46. The van der Waals surface area contributed by atoms with E-state index in [1.165, 1.54) is 0 Å². The van der Waals surface area contributed by atoms with Crippen LogP contribution in [-0.2, 0) is 9.84 Å². The summed E-state index contributed by atoms with van der Waals surface area (Å²) in [5, 5.41) is 12.1. The highest BCUT2D eigenvalue weighted by molar-refractivity contribution is 9.10. The third-order valence-corrected chi connectivity index (χ3v) is 5.24. The molecule has 1 aromatic carbocycles. The zero-order valence-electron chi connectivity index (χ0n) is 9.69. The van der Waals surface area contributed by atoms with Crippen molar-refractivity contribution in [1.82, 2.24) is 0 Å². The van der Waals surface area contributed by atoms with Gasteiger partial charge in [-0.05, 0) is 30.5 Å². The molecule has 1 heterocycles. The van der Waals surface area contributed by atoms with Crippen LogP contribution in [0.1, 0.15) is 12.0 Å². The van der Waals surface area contributed by atoms with Crippen LogP contribution in [0.3, 0.4) is 0 Å².